The molecule has 0 unspecified atom stereocenters. The topological polar surface area (TPSA) is 76.1 Å². The molecule has 138 valence electrons. The summed E-state index contributed by atoms with van der Waals surface area (Å²) >= 11 is 0. The smallest absolute Gasteiger partial charge is 0.381 e. The van der Waals surface area contributed by atoms with Gasteiger partial charge in [0.15, 0.2) is 11.6 Å². The van der Waals surface area contributed by atoms with Gasteiger partial charge in [-0.15, -0.1) is 10.2 Å². The van der Waals surface area contributed by atoms with E-state index in [0.29, 0.717) is 26.1 Å². The number of hydrogen-bond acceptors (Lipinski definition) is 5. The zero-order valence-electron chi connectivity index (χ0n) is 13.7. The Morgan fingerprint density at radius 1 is 1.04 bits per heavy atom. The summed E-state index contributed by atoms with van der Waals surface area (Å²) in [4.78, 5) is 12.1. The minimum absolute atomic E-state index is 0.117. The van der Waals surface area contributed by atoms with Crippen molar-refractivity contribution in [1.82, 2.24) is 10.2 Å². The Hall–Kier alpha value is -2.68. The van der Waals surface area contributed by atoms with Gasteiger partial charge in [-0.3, -0.25) is 4.79 Å². The molecule has 0 radical (unpaired) electrons. The molecule has 1 aromatic heterocycles. The maximum atomic E-state index is 13.0. The van der Waals surface area contributed by atoms with Crippen molar-refractivity contribution in [3.05, 3.63) is 42.0 Å². The number of para-hydroxylation sites is 1. The van der Waals surface area contributed by atoms with E-state index in [-0.39, 0.29) is 29.1 Å². The van der Waals surface area contributed by atoms with E-state index in [1.807, 2.05) is 0 Å². The third kappa shape index (κ3) is 4.48. The van der Waals surface area contributed by atoms with Gasteiger partial charge in [0.25, 0.3) is 0 Å². The Kier molecular flexibility index (Phi) is 5.36. The lowest BCUT2D eigenvalue weighted by molar-refractivity contribution is -0.137. The molecule has 3 rings (SSSR count). The largest absolute Gasteiger partial charge is 0.418 e. The van der Waals surface area contributed by atoms with Crippen LogP contribution in [0.3, 0.4) is 0 Å². The minimum Gasteiger partial charge on any atom is -0.381 e. The maximum Gasteiger partial charge on any atom is 0.418 e. The van der Waals surface area contributed by atoms with Gasteiger partial charge in [0.2, 0.25) is 5.91 Å². The van der Waals surface area contributed by atoms with E-state index in [1.165, 1.54) is 30.3 Å². The fourth-order valence-electron chi connectivity index (χ4n) is 2.63. The number of hydrogen-bond donors (Lipinski definition) is 2. The summed E-state index contributed by atoms with van der Waals surface area (Å²) in [5.41, 5.74) is -0.910. The quantitative estimate of drug-likeness (QED) is 0.865. The van der Waals surface area contributed by atoms with Gasteiger partial charge in [-0.2, -0.15) is 13.2 Å². The van der Waals surface area contributed by atoms with Crippen molar-refractivity contribution in [3.8, 4) is 0 Å². The number of carbonyl (C=O) groups is 1. The lowest BCUT2D eigenvalue weighted by Gasteiger charge is -2.20. The first-order valence-electron chi connectivity index (χ1n) is 8.09. The number of ether oxygens (including phenoxy) is 1. The first-order chi connectivity index (χ1) is 12.4. The molecule has 0 aliphatic carbocycles. The monoisotopic (exact) mass is 366 g/mol. The number of amides is 1. The SMILES string of the molecule is O=C(Nc1ccc(Nc2ccccc2C(F)(F)F)nn1)C1CCOCC1. The molecule has 0 saturated carbocycles. The van der Waals surface area contributed by atoms with Gasteiger partial charge in [-0.1, -0.05) is 12.1 Å². The van der Waals surface area contributed by atoms with Crippen LogP contribution in [0.2, 0.25) is 0 Å². The second kappa shape index (κ2) is 7.69. The van der Waals surface area contributed by atoms with E-state index in [4.69, 9.17) is 4.74 Å². The second-order valence-corrected chi connectivity index (χ2v) is 5.85. The predicted octanol–water partition coefficient (Wildman–Crippen LogP) is 3.60. The van der Waals surface area contributed by atoms with Crippen LogP contribution in [0.4, 0.5) is 30.5 Å². The number of alkyl halides is 3. The van der Waals surface area contributed by atoms with E-state index in [2.05, 4.69) is 20.8 Å². The molecule has 26 heavy (non-hydrogen) atoms. The van der Waals surface area contributed by atoms with Gasteiger partial charge >= 0.3 is 6.18 Å². The summed E-state index contributed by atoms with van der Waals surface area (Å²) in [6, 6.07) is 8.05. The van der Waals surface area contributed by atoms with Crippen LogP contribution in [0.5, 0.6) is 0 Å². The van der Waals surface area contributed by atoms with Crippen LogP contribution in [-0.2, 0) is 15.7 Å². The molecule has 2 heterocycles. The average molecular weight is 366 g/mol. The zero-order chi connectivity index (χ0) is 18.6. The number of aromatic nitrogens is 2. The number of benzene rings is 1. The highest BCUT2D eigenvalue weighted by Crippen LogP contribution is 2.35. The normalized spacial score (nSPS) is 15.5. The van der Waals surface area contributed by atoms with Crippen LogP contribution in [0.1, 0.15) is 18.4 Å². The summed E-state index contributed by atoms with van der Waals surface area (Å²) < 4.78 is 44.2. The summed E-state index contributed by atoms with van der Waals surface area (Å²) in [5.74, 6) is 0.0923. The van der Waals surface area contributed by atoms with Gasteiger partial charge in [-0.25, -0.2) is 0 Å². The third-order valence-electron chi connectivity index (χ3n) is 4.00. The van der Waals surface area contributed by atoms with Crippen LogP contribution < -0.4 is 10.6 Å². The number of anilines is 3. The van der Waals surface area contributed by atoms with Crippen LogP contribution >= 0.6 is 0 Å². The fourth-order valence-corrected chi connectivity index (χ4v) is 2.63. The van der Waals surface area contributed by atoms with E-state index >= 15 is 0 Å². The van der Waals surface area contributed by atoms with Gasteiger partial charge in [0.05, 0.1) is 11.3 Å². The van der Waals surface area contributed by atoms with Crippen molar-refractivity contribution >= 4 is 23.2 Å². The van der Waals surface area contributed by atoms with Gasteiger partial charge in [-0.05, 0) is 37.1 Å². The first-order valence-corrected chi connectivity index (χ1v) is 8.09. The van der Waals surface area contributed by atoms with Gasteiger partial charge in [0.1, 0.15) is 0 Å². The lowest BCUT2D eigenvalue weighted by Crippen LogP contribution is -2.28. The van der Waals surface area contributed by atoms with E-state index in [9.17, 15) is 18.0 Å². The number of nitrogens with zero attached hydrogens (tertiary/aromatic N) is 2. The minimum atomic E-state index is -4.48. The molecule has 0 spiro atoms. The molecule has 1 aliphatic rings. The number of carbonyl (C=O) groups excluding carboxylic acids is 1. The summed E-state index contributed by atoms with van der Waals surface area (Å²) in [6.07, 6.45) is -3.19. The Labute approximate surface area is 147 Å². The molecule has 0 bridgehead atoms. The maximum absolute atomic E-state index is 13.0. The Morgan fingerprint density at radius 3 is 2.35 bits per heavy atom. The molecule has 2 aromatic rings. The predicted molar refractivity (Wildman–Crippen MR) is 88.9 cm³/mol. The van der Waals surface area contributed by atoms with Crippen molar-refractivity contribution in [1.29, 1.82) is 0 Å². The van der Waals surface area contributed by atoms with E-state index < -0.39 is 11.7 Å². The molecule has 1 amide bonds. The molecule has 1 aliphatic heterocycles. The molecule has 2 N–H and O–H groups in total. The van der Waals surface area contributed by atoms with Crippen molar-refractivity contribution < 1.29 is 22.7 Å². The average Bonchev–Trinajstić information content (AvgIpc) is 2.63. The highest BCUT2D eigenvalue weighted by atomic mass is 19.4. The van der Waals surface area contributed by atoms with Gasteiger partial charge < -0.3 is 15.4 Å². The summed E-state index contributed by atoms with van der Waals surface area (Å²) in [5, 5.41) is 12.9. The Balaban J connectivity index is 1.66. The van der Waals surface area contributed by atoms with Crippen LogP contribution in [0.15, 0.2) is 36.4 Å². The second-order valence-electron chi connectivity index (χ2n) is 5.85. The van der Waals surface area contributed by atoms with Gasteiger partial charge in [0, 0.05) is 19.1 Å². The molecule has 0 atom stereocenters. The van der Waals surface area contributed by atoms with Crippen LogP contribution in [0.25, 0.3) is 0 Å². The molecular weight excluding hydrogens is 349 g/mol. The Bertz CT molecular complexity index is 759. The highest BCUT2D eigenvalue weighted by molar-refractivity contribution is 5.91. The first kappa shape index (κ1) is 18.1. The highest BCUT2D eigenvalue weighted by Gasteiger charge is 2.33. The van der Waals surface area contributed by atoms with Crippen LogP contribution in [-0.4, -0.2) is 29.3 Å². The molecule has 1 fully saturated rings. The van der Waals surface area contributed by atoms with Crippen molar-refractivity contribution in [2.24, 2.45) is 5.92 Å². The summed E-state index contributed by atoms with van der Waals surface area (Å²) in [7, 11) is 0. The van der Waals surface area contributed by atoms with Crippen molar-refractivity contribution in [2.45, 2.75) is 19.0 Å². The lowest BCUT2D eigenvalue weighted by atomic mass is 9.99. The third-order valence-corrected chi connectivity index (χ3v) is 4.00. The molecule has 6 nitrogen and oxygen atoms in total. The fraction of sp³-hybridized carbons (Fsp3) is 0.353. The number of rotatable bonds is 4. The molecule has 1 saturated heterocycles. The van der Waals surface area contributed by atoms with Crippen LogP contribution in [0, 0.1) is 5.92 Å². The Morgan fingerprint density at radius 2 is 1.69 bits per heavy atom. The molecule has 1 aromatic carbocycles. The number of nitrogens with one attached hydrogen (secondary N) is 2. The summed E-state index contributed by atoms with van der Waals surface area (Å²) in [6.45, 7) is 1.09. The zero-order valence-corrected chi connectivity index (χ0v) is 13.7. The van der Waals surface area contributed by atoms with E-state index in [1.54, 1.807) is 0 Å². The van der Waals surface area contributed by atoms with Crippen molar-refractivity contribution in [2.75, 3.05) is 23.8 Å². The standard InChI is InChI=1S/C17H17F3N4O2/c18-17(19,20)12-3-1-2-4-13(12)21-14-5-6-15(24-23-14)22-16(25)11-7-9-26-10-8-11/h1-6,11H,7-10H2,(H,21,23)(H,22,24,25). The van der Waals surface area contributed by atoms with E-state index in [0.717, 1.165) is 6.07 Å². The molecule has 9 heteroatoms. The van der Waals surface area contributed by atoms with Crippen molar-refractivity contribution in [3.63, 3.8) is 0 Å². The number of halogens is 3. The molecular formula is C17H17F3N4O2.